The second-order valence-corrected chi connectivity index (χ2v) is 6.64. The van der Waals surface area contributed by atoms with Crippen molar-refractivity contribution in [3.8, 4) is 0 Å². The van der Waals surface area contributed by atoms with Crippen molar-refractivity contribution in [1.29, 1.82) is 0 Å². The maximum absolute atomic E-state index is 12.6. The van der Waals surface area contributed by atoms with Gasteiger partial charge in [-0.2, -0.15) is 13.2 Å². The molecule has 0 unspecified atom stereocenters. The predicted octanol–water partition coefficient (Wildman–Crippen LogP) is 3.42. The van der Waals surface area contributed by atoms with Crippen molar-refractivity contribution in [3.63, 3.8) is 0 Å². The third-order valence-electron chi connectivity index (χ3n) is 4.87. The van der Waals surface area contributed by atoms with Crippen LogP contribution in [0.4, 0.5) is 29.5 Å². The first-order valence-corrected chi connectivity index (χ1v) is 8.90. The lowest BCUT2D eigenvalue weighted by Gasteiger charge is -2.35. The first-order valence-electron chi connectivity index (χ1n) is 8.90. The van der Waals surface area contributed by atoms with Crippen LogP contribution < -0.4 is 10.2 Å². The zero-order valence-corrected chi connectivity index (χ0v) is 14.9. The Labute approximate surface area is 159 Å². The molecule has 6 nitrogen and oxygen atoms in total. The molecule has 1 N–H and O–H groups in total. The standard InChI is InChI=1S/C19H18F3N5O/c20-19(21,22)13-4-6-14(7-5-13)25-18(28)27-10-8-26(9-11-27)17-15-2-1-3-16(15)23-12-24-17/h1-2,4-7,12H,3,8-11H2,(H,25,28). The fourth-order valence-electron chi connectivity index (χ4n) is 3.36. The van der Waals surface area contributed by atoms with Crippen LogP contribution in [0, 0.1) is 0 Å². The van der Waals surface area contributed by atoms with Crippen LogP contribution in [-0.4, -0.2) is 47.1 Å². The fraction of sp³-hybridized carbons (Fsp3) is 0.316. The summed E-state index contributed by atoms with van der Waals surface area (Å²) in [5.74, 6) is 0.876. The summed E-state index contributed by atoms with van der Waals surface area (Å²) in [6, 6.07) is 4.10. The minimum Gasteiger partial charge on any atom is -0.352 e. The van der Waals surface area contributed by atoms with Crippen molar-refractivity contribution < 1.29 is 18.0 Å². The molecule has 0 radical (unpaired) electrons. The maximum atomic E-state index is 12.6. The van der Waals surface area contributed by atoms with Gasteiger partial charge >= 0.3 is 12.2 Å². The van der Waals surface area contributed by atoms with E-state index >= 15 is 0 Å². The SMILES string of the molecule is O=C(Nc1ccc(C(F)(F)F)cc1)N1CCN(c2ncnc3c2C=CC3)CC1. The van der Waals surface area contributed by atoms with E-state index in [-0.39, 0.29) is 6.03 Å². The van der Waals surface area contributed by atoms with Gasteiger partial charge in [0.1, 0.15) is 12.1 Å². The van der Waals surface area contributed by atoms with E-state index in [2.05, 4.69) is 26.3 Å². The van der Waals surface area contributed by atoms with Gasteiger partial charge in [-0.05, 0) is 24.3 Å². The molecule has 1 aliphatic heterocycles. The number of nitrogens with one attached hydrogen (secondary N) is 1. The molecule has 28 heavy (non-hydrogen) atoms. The summed E-state index contributed by atoms with van der Waals surface area (Å²) >= 11 is 0. The number of anilines is 2. The van der Waals surface area contributed by atoms with Crippen molar-refractivity contribution in [3.05, 3.63) is 53.5 Å². The zero-order chi connectivity index (χ0) is 19.7. The number of carbonyl (C=O) groups excluding carboxylic acids is 1. The number of hydrogen-bond acceptors (Lipinski definition) is 4. The molecule has 2 aromatic rings. The largest absolute Gasteiger partial charge is 0.416 e. The Bertz CT molecular complexity index is 903. The second kappa shape index (κ2) is 7.14. The van der Waals surface area contributed by atoms with E-state index in [1.54, 1.807) is 11.2 Å². The van der Waals surface area contributed by atoms with Gasteiger partial charge in [-0.1, -0.05) is 12.2 Å². The van der Waals surface area contributed by atoms with Crippen molar-refractivity contribution in [2.75, 3.05) is 36.4 Å². The Morgan fingerprint density at radius 1 is 1.04 bits per heavy atom. The molecule has 9 heteroatoms. The number of urea groups is 1. The topological polar surface area (TPSA) is 61.4 Å². The molecule has 1 saturated heterocycles. The Kier molecular flexibility index (Phi) is 4.66. The van der Waals surface area contributed by atoms with Crippen LogP contribution in [0.3, 0.4) is 0 Å². The van der Waals surface area contributed by atoms with E-state index in [4.69, 9.17) is 0 Å². The summed E-state index contributed by atoms with van der Waals surface area (Å²) in [5, 5.41) is 2.65. The van der Waals surface area contributed by atoms with E-state index in [0.29, 0.717) is 31.9 Å². The van der Waals surface area contributed by atoms with Gasteiger partial charge in [0.15, 0.2) is 0 Å². The Morgan fingerprint density at radius 2 is 1.75 bits per heavy atom. The molecule has 0 bridgehead atoms. The van der Waals surface area contributed by atoms with Crippen molar-refractivity contribution in [1.82, 2.24) is 14.9 Å². The second-order valence-electron chi connectivity index (χ2n) is 6.64. The lowest BCUT2D eigenvalue weighted by molar-refractivity contribution is -0.137. The van der Waals surface area contributed by atoms with Crippen LogP contribution in [0.15, 0.2) is 36.7 Å². The number of hydrogen-bond donors (Lipinski definition) is 1. The summed E-state index contributed by atoms with van der Waals surface area (Å²) in [6.07, 6.45) is 2.05. The fourth-order valence-corrected chi connectivity index (χ4v) is 3.36. The van der Waals surface area contributed by atoms with Crippen molar-refractivity contribution >= 4 is 23.6 Å². The molecule has 1 aliphatic carbocycles. The van der Waals surface area contributed by atoms with Crippen molar-refractivity contribution in [2.45, 2.75) is 12.6 Å². The number of rotatable bonds is 2. The lowest BCUT2D eigenvalue weighted by Crippen LogP contribution is -2.50. The molecule has 2 amide bonds. The number of amides is 2. The molecule has 146 valence electrons. The van der Waals surface area contributed by atoms with Gasteiger partial charge in [-0.3, -0.25) is 0 Å². The lowest BCUT2D eigenvalue weighted by atomic mass is 10.2. The number of aromatic nitrogens is 2. The molecule has 4 rings (SSSR count). The van der Waals surface area contributed by atoms with E-state index in [1.807, 2.05) is 6.08 Å². The summed E-state index contributed by atoms with van der Waals surface area (Å²) in [7, 11) is 0. The highest BCUT2D eigenvalue weighted by Gasteiger charge is 2.30. The molecular weight excluding hydrogens is 371 g/mol. The number of piperazine rings is 1. The van der Waals surface area contributed by atoms with Gasteiger partial charge in [0, 0.05) is 43.9 Å². The number of fused-ring (bicyclic) bond motifs is 1. The van der Waals surface area contributed by atoms with Gasteiger partial charge in [0.2, 0.25) is 0 Å². The highest BCUT2D eigenvalue weighted by molar-refractivity contribution is 5.89. The molecule has 0 spiro atoms. The average Bonchev–Trinajstić information content (AvgIpc) is 3.17. The Balaban J connectivity index is 1.36. The van der Waals surface area contributed by atoms with E-state index in [9.17, 15) is 18.0 Å². The van der Waals surface area contributed by atoms with Gasteiger partial charge < -0.3 is 15.1 Å². The van der Waals surface area contributed by atoms with Crippen LogP contribution in [0.5, 0.6) is 0 Å². The summed E-state index contributed by atoms with van der Waals surface area (Å²) in [6.45, 7) is 2.24. The van der Waals surface area contributed by atoms with E-state index in [0.717, 1.165) is 35.6 Å². The van der Waals surface area contributed by atoms with E-state index < -0.39 is 11.7 Å². The molecule has 0 atom stereocenters. The molecule has 1 aromatic carbocycles. The summed E-state index contributed by atoms with van der Waals surface area (Å²) in [4.78, 5) is 24.9. The van der Waals surface area contributed by atoms with Crippen LogP contribution in [0.2, 0.25) is 0 Å². The Morgan fingerprint density at radius 3 is 2.43 bits per heavy atom. The van der Waals surface area contributed by atoms with Crippen molar-refractivity contribution in [2.24, 2.45) is 0 Å². The normalized spacial score (nSPS) is 16.2. The van der Waals surface area contributed by atoms with Crippen LogP contribution in [-0.2, 0) is 12.6 Å². The minimum absolute atomic E-state index is 0.327. The van der Waals surface area contributed by atoms with Gasteiger partial charge in [-0.15, -0.1) is 0 Å². The number of carbonyl (C=O) groups is 1. The van der Waals surface area contributed by atoms with Gasteiger partial charge in [-0.25, -0.2) is 14.8 Å². The predicted molar refractivity (Wildman–Crippen MR) is 99.0 cm³/mol. The van der Waals surface area contributed by atoms with E-state index in [1.165, 1.54) is 12.1 Å². The maximum Gasteiger partial charge on any atom is 0.416 e. The Hall–Kier alpha value is -3.10. The quantitative estimate of drug-likeness (QED) is 0.855. The molecule has 2 heterocycles. The van der Waals surface area contributed by atoms with Crippen LogP contribution in [0.25, 0.3) is 6.08 Å². The third kappa shape index (κ3) is 3.64. The number of alkyl halides is 3. The molecular formula is C19H18F3N5O. The molecule has 1 aromatic heterocycles. The zero-order valence-electron chi connectivity index (χ0n) is 14.9. The molecule has 1 fully saturated rings. The summed E-state index contributed by atoms with van der Waals surface area (Å²) in [5.41, 5.74) is 1.63. The van der Waals surface area contributed by atoms with Crippen LogP contribution >= 0.6 is 0 Å². The number of benzene rings is 1. The highest BCUT2D eigenvalue weighted by atomic mass is 19.4. The number of nitrogens with zero attached hydrogens (tertiary/aromatic N) is 4. The highest BCUT2D eigenvalue weighted by Crippen LogP contribution is 2.30. The van der Waals surface area contributed by atoms with Crippen LogP contribution in [0.1, 0.15) is 16.8 Å². The average molecular weight is 389 g/mol. The minimum atomic E-state index is -4.39. The number of allylic oxidation sites excluding steroid dienone is 1. The monoisotopic (exact) mass is 389 g/mol. The third-order valence-corrected chi connectivity index (χ3v) is 4.87. The first-order chi connectivity index (χ1) is 13.4. The smallest absolute Gasteiger partial charge is 0.352 e. The van der Waals surface area contributed by atoms with Gasteiger partial charge in [0.25, 0.3) is 0 Å². The van der Waals surface area contributed by atoms with Gasteiger partial charge in [0.05, 0.1) is 11.3 Å². The number of halogens is 3. The molecule has 0 saturated carbocycles. The first kappa shape index (κ1) is 18.3. The molecule has 2 aliphatic rings. The summed E-state index contributed by atoms with van der Waals surface area (Å²) < 4.78 is 37.9.